The Bertz CT molecular complexity index is 1490. The van der Waals surface area contributed by atoms with Crippen molar-refractivity contribution in [3.63, 3.8) is 0 Å². The van der Waals surface area contributed by atoms with Gasteiger partial charge in [-0.25, -0.2) is 0 Å². The highest BCUT2D eigenvalue weighted by molar-refractivity contribution is 9.10. The van der Waals surface area contributed by atoms with Crippen molar-refractivity contribution in [3.05, 3.63) is 91.8 Å². The van der Waals surface area contributed by atoms with E-state index in [1.54, 1.807) is 12.1 Å². The minimum absolute atomic E-state index is 0.0333. The summed E-state index contributed by atoms with van der Waals surface area (Å²) in [6, 6.07) is 16.4. The average Bonchev–Trinajstić information content (AvgIpc) is 3.09. The second-order valence-corrected chi connectivity index (χ2v) is 11.5. The van der Waals surface area contributed by atoms with Gasteiger partial charge in [-0.05, 0) is 66.2 Å². The van der Waals surface area contributed by atoms with Gasteiger partial charge in [0.05, 0.1) is 23.6 Å². The fourth-order valence-electron chi connectivity index (χ4n) is 3.35. The summed E-state index contributed by atoms with van der Waals surface area (Å²) in [5, 5.41) is -0.437. The lowest BCUT2D eigenvalue weighted by Gasteiger charge is -2.14. The molecule has 0 N–H and O–H groups in total. The van der Waals surface area contributed by atoms with E-state index in [1.807, 2.05) is 31.2 Å². The summed E-state index contributed by atoms with van der Waals surface area (Å²) in [6.07, 6.45) is 1.50. The molecule has 3 aromatic carbocycles. The molecule has 186 valence electrons. The molecule has 11 heteroatoms. The smallest absolute Gasteiger partial charge is 0.339 e. The van der Waals surface area contributed by atoms with Gasteiger partial charge in [-0.3, -0.25) is 14.5 Å². The van der Waals surface area contributed by atoms with Gasteiger partial charge in [0, 0.05) is 4.47 Å². The lowest BCUT2D eigenvalue weighted by molar-refractivity contribution is -0.123. The zero-order chi connectivity index (χ0) is 26.0. The Hall–Kier alpha value is -2.79. The number of imide groups is 1. The molecule has 0 spiro atoms. The summed E-state index contributed by atoms with van der Waals surface area (Å²) >= 11 is 10.6. The van der Waals surface area contributed by atoms with Crippen LogP contribution in [0.25, 0.3) is 6.08 Å². The molecule has 1 heterocycles. The molecular weight excluding hydrogens is 590 g/mol. The van der Waals surface area contributed by atoms with E-state index in [2.05, 4.69) is 15.9 Å². The molecule has 0 bridgehead atoms. The van der Waals surface area contributed by atoms with Crippen molar-refractivity contribution < 1.29 is 26.9 Å². The maximum atomic E-state index is 12.9. The van der Waals surface area contributed by atoms with E-state index >= 15 is 0 Å². The van der Waals surface area contributed by atoms with Gasteiger partial charge in [-0.1, -0.05) is 63.4 Å². The number of carbonyl (C=O) groups is 2. The van der Waals surface area contributed by atoms with Crippen LogP contribution in [0.15, 0.2) is 74.9 Å². The van der Waals surface area contributed by atoms with Crippen LogP contribution in [0.5, 0.6) is 11.5 Å². The Labute approximate surface area is 226 Å². The largest absolute Gasteiger partial charge is 0.493 e. The predicted molar refractivity (Wildman–Crippen MR) is 143 cm³/mol. The summed E-state index contributed by atoms with van der Waals surface area (Å²) in [6.45, 7) is 1.96. The molecule has 4 rings (SSSR count). The number of aryl methyl sites for hydroxylation is 1. The molecule has 36 heavy (non-hydrogen) atoms. The number of thioether (sulfide) groups is 1. The third-order valence-corrected chi connectivity index (χ3v) is 8.41. The third-order valence-electron chi connectivity index (χ3n) is 5.21. The Morgan fingerprint density at radius 1 is 1.08 bits per heavy atom. The van der Waals surface area contributed by atoms with Crippen LogP contribution in [0.2, 0.25) is 5.02 Å². The van der Waals surface area contributed by atoms with E-state index in [4.69, 9.17) is 20.5 Å². The number of nitrogens with zero attached hydrogens (tertiary/aromatic N) is 1. The lowest BCUT2D eigenvalue weighted by Crippen LogP contribution is -2.27. The van der Waals surface area contributed by atoms with E-state index in [-0.39, 0.29) is 32.9 Å². The molecule has 1 fully saturated rings. The van der Waals surface area contributed by atoms with Crippen molar-refractivity contribution in [1.29, 1.82) is 0 Å². The van der Waals surface area contributed by atoms with Gasteiger partial charge >= 0.3 is 10.1 Å². The van der Waals surface area contributed by atoms with Crippen LogP contribution in [0, 0.1) is 6.92 Å². The summed E-state index contributed by atoms with van der Waals surface area (Å²) < 4.78 is 36.9. The number of amides is 2. The molecule has 1 saturated heterocycles. The first kappa shape index (κ1) is 26.3. The van der Waals surface area contributed by atoms with Crippen LogP contribution < -0.4 is 8.92 Å². The summed E-state index contributed by atoms with van der Waals surface area (Å²) in [7, 11) is -2.83. The molecule has 0 atom stereocenters. The quantitative estimate of drug-likeness (QED) is 0.226. The van der Waals surface area contributed by atoms with E-state index in [0.717, 1.165) is 32.3 Å². The molecule has 0 unspecified atom stereocenters. The number of rotatable bonds is 7. The van der Waals surface area contributed by atoms with Crippen LogP contribution in [0.3, 0.4) is 0 Å². The van der Waals surface area contributed by atoms with E-state index in [0.29, 0.717) is 5.56 Å². The van der Waals surface area contributed by atoms with Gasteiger partial charge in [0.2, 0.25) is 5.75 Å². The van der Waals surface area contributed by atoms with E-state index < -0.39 is 21.3 Å². The Kier molecular flexibility index (Phi) is 7.79. The minimum atomic E-state index is -4.17. The molecule has 2 amide bonds. The standard InChI is InChI=1S/C25H19BrClNO6S2/c1-15-7-9-18(10-8-15)36(31,32)34-23-20(27)11-16(12-21(23)33-2)13-22-24(29)28(25(30)35-22)14-17-5-3-4-6-19(17)26/h3-13H,14H2,1-2H3/b22-13-. The highest BCUT2D eigenvalue weighted by Gasteiger charge is 2.35. The molecule has 3 aromatic rings. The van der Waals surface area contributed by atoms with Gasteiger partial charge in [-0.15, -0.1) is 0 Å². The lowest BCUT2D eigenvalue weighted by atomic mass is 10.1. The van der Waals surface area contributed by atoms with Crippen molar-refractivity contribution in [3.8, 4) is 11.5 Å². The Morgan fingerprint density at radius 3 is 2.44 bits per heavy atom. The fraction of sp³-hybridized carbons (Fsp3) is 0.120. The van der Waals surface area contributed by atoms with Crippen molar-refractivity contribution in [2.45, 2.75) is 18.4 Å². The summed E-state index contributed by atoms with van der Waals surface area (Å²) in [4.78, 5) is 26.8. The van der Waals surface area contributed by atoms with E-state index in [9.17, 15) is 18.0 Å². The van der Waals surface area contributed by atoms with Crippen LogP contribution >= 0.6 is 39.3 Å². The summed E-state index contributed by atoms with van der Waals surface area (Å²) in [5.41, 5.74) is 2.13. The number of halogens is 2. The second-order valence-electron chi connectivity index (χ2n) is 7.74. The SMILES string of the molecule is COc1cc(/C=C2\SC(=O)N(Cc3ccccc3Br)C2=O)cc(Cl)c1OS(=O)(=O)c1ccc(C)cc1. The first-order valence-corrected chi connectivity index (χ1v) is 13.9. The number of benzene rings is 3. The topological polar surface area (TPSA) is 90.0 Å². The minimum Gasteiger partial charge on any atom is -0.493 e. The van der Waals surface area contributed by atoms with Crippen molar-refractivity contribution >= 4 is 66.6 Å². The fourth-order valence-corrected chi connectivity index (χ4v) is 5.86. The van der Waals surface area contributed by atoms with Crippen LogP contribution in [-0.4, -0.2) is 31.6 Å². The molecule has 0 aromatic heterocycles. The van der Waals surface area contributed by atoms with Gasteiger partial charge in [-0.2, -0.15) is 8.42 Å². The van der Waals surface area contributed by atoms with E-state index in [1.165, 1.54) is 37.5 Å². The van der Waals surface area contributed by atoms with Crippen molar-refractivity contribution in [2.75, 3.05) is 7.11 Å². The van der Waals surface area contributed by atoms with Crippen LogP contribution in [0.4, 0.5) is 4.79 Å². The monoisotopic (exact) mass is 607 g/mol. The average molecular weight is 609 g/mol. The van der Waals surface area contributed by atoms with Crippen LogP contribution in [-0.2, 0) is 21.5 Å². The summed E-state index contributed by atoms with van der Waals surface area (Å²) in [5.74, 6) is -0.575. The number of carbonyl (C=O) groups excluding carboxylic acids is 2. The van der Waals surface area contributed by atoms with Gasteiger partial charge in [0.1, 0.15) is 4.90 Å². The Balaban J connectivity index is 1.60. The molecule has 1 aliphatic heterocycles. The first-order valence-electron chi connectivity index (χ1n) is 10.5. The molecule has 7 nitrogen and oxygen atoms in total. The molecule has 0 saturated carbocycles. The maximum Gasteiger partial charge on any atom is 0.339 e. The molecule has 1 aliphatic rings. The van der Waals surface area contributed by atoms with Gasteiger partial charge in [0.15, 0.2) is 5.75 Å². The zero-order valence-electron chi connectivity index (χ0n) is 19.0. The molecule has 0 radical (unpaired) electrons. The number of methoxy groups -OCH3 is 1. The number of hydrogen-bond acceptors (Lipinski definition) is 7. The Morgan fingerprint density at radius 2 is 1.78 bits per heavy atom. The normalized spacial score (nSPS) is 15.0. The maximum absolute atomic E-state index is 12.9. The van der Waals surface area contributed by atoms with Crippen molar-refractivity contribution in [2.24, 2.45) is 0 Å². The van der Waals surface area contributed by atoms with Crippen LogP contribution in [0.1, 0.15) is 16.7 Å². The highest BCUT2D eigenvalue weighted by atomic mass is 79.9. The molecular formula is C25H19BrClNO6S2. The second kappa shape index (κ2) is 10.7. The third kappa shape index (κ3) is 5.62. The zero-order valence-corrected chi connectivity index (χ0v) is 23.0. The van der Waals surface area contributed by atoms with Gasteiger partial charge in [0.25, 0.3) is 11.1 Å². The first-order chi connectivity index (χ1) is 17.1. The number of ether oxygens (including phenoxy) is 1. The van der Waals surface area contributed by atoms with Gasteiger partial charge < -0.3 is 8.92 Å². The number of hydrogen-bond donors (Lipinski definition) is 0. The highest BCUT2D eigenvalue weighted by Crippen LogP contribution is 2.40. The predicted octanol–water partition coefficient (Wildman–Crippen LogP) is 6.42. The molecule has 0 aliphatic carbocycles. The van der Waals surface area contributed by atoms with Crippen molar-refractivity contribution in [1.82, 2.24) is 4.90 Å².